The van der Waals surface area contributed by atoms with E-state index in [1.54, 1.807) is 20.8 Å². The third-order valence-electron chi connectivity index (χ3n) is 1.33. The number of nitrogens with zero attached hydrogens (tertiary/aromatic N) is 1. The van der Waals surface area contributed by atoms with E-state index >= 15 is 0 Å². The molecule has 1 heterocycles. The Balaban J connectivity index is 3.13. The lowest BCUT2D eigenvalue weighted by molar-refractivity contribution is 0.117. The van der Waals surface area contributed by atoms with E-state index in [-0.39, 0.29) is 0 Å². The number of hydrogen-bond donors (Lipinski definition) is 1. The van der Waals surface area contributed by atoms with Crippen molar-refractivity contribution in [3.63, 3.8) is 0 Å². The highest BCUT2D eigenvalue weighted by Crippen LogP contribution is 2.32. The molecular weight excluding hydrogens is 192 g/mol. The zero-order chi connectivity index (χ0) is 10.9. The van der Waals surface area contributed by atoms with Gasteiger partial charge in [0.25, 0.3) is 5.95 Å². The highest BCUT2D eigenvalue weighted by atomic mass is 19.1. The highest BCUT2D eigenvalue weighted by molar-refractivity contribution is 5.38. The summed E-state index contributed by atoms with van der Waals surface area (Å²) < 4.78 is 30.8. The fourth-order valence-electron chi connectivity index (χ4n) is 0.843. The van der Waals surface area contributed by atoms with E-state index in [1.807, 2.05) is 0 Å². The van der Waals surface area contributed by atoms with Crippen LogP contribution in [0.25, 0.3) is 0 Å². The van der Waals surface area contributed by atoms with E-state index in [0.717, 1.165) is 0 Å². The van der Waals surface area contributed by atoms with Crippen LogP contribution in [-0.4, -0.2) is 15.7 Å². The summed E-state index contributed by atoms with van der Waals surface area (Å²) >= 11 is 0. The van der Waals surface area contributed by atoms with Gasteiger partial charge in [0.15, 0.2) is 5.82 Å². The first-order chi connectivity index (χ1) is 6.31. The molecule has 1 aromatic heterocycles. The molecule has 0 saturated carbocycles. The monoisotopic (exact) mass is 203 g/mol. The van der Waals surface area contributed by atoms with E-state index < -0.39 is 28.9 Å². The van der Waals surface area contributed by atoms with Crippen LogP contribution in [0.5, 0.6) is 11.5 Å². The Kier molecular flexibility index (Phi) is 2.59. The molecule has 0 fully saturated rings. The molecule has 78 valence electrons. The predicted octanol–water partition coefficient (Wildman–Crippen LogP) is 2.24. The van der Waals surface area contributed by atoms with E-state index in [2.05, 4.69) is 4.98 Å². The Bertz CT molecular complexity index is 347. The van der Waals surface area contributed by atoms with Crippen LogP contribution in [0.1, 0.15) is 20.8 Å². The van der Waals surface area contributed by atoms with Crippen molar-refractivity contribution in [3.05, 3.63) is 18.0 Å². The molecule has 0 aliphatic carbocycles. The van der Waals surface area contributed by atoms with Crippen molar-refractivity contribution in [2.24, 2.45) is 0 Å². The lowest BCUT2D eigenvalue weighted by Gasteiger charge is -2.21. The summed E-state index contributed by atoms with van der Waals surface area (Å²) in [5.41, 5.74) is -0.716. The highest BCUT2D eigenvalue weighted by Gasteiger charge is 2.21. The quantitative estimate of drug-likeness (QED) is 0.712. The molecule has 0 bridgehead atoms. The maximum absolute atomic E-state index is 13.0. The van der Waals surface area contributed by atoms with Crippen LogP contribution in [0.4, 0.5) is 8.78 Å². The Morgan fingerprint density at radius 1 is 1.36 bits per heavy atom. The topological polar surface area (TPSA) is 42.4 Å². The fraction of sp³-hybridized carbons (Fsp3) is 0.444. The first-order valence-corrected chi connectivity index (χ1v) is 4.03. The number of aromatic hydroxyl groups is 1. The molecule has 0 amide bonds. The summed E-state index contributed by atoms with van der Waals surface area (Å²) in [5.74, 6) is -3.45. The summed E-state index contributed by atoms with van der Waals surface area (Å²) in [4.78, 5) is 3.00. The molecule has 0 aliphatic heterocycles. The average Bonchev–Trinajstić information content (AvgIpc) is 2.04. The molecule has 0 radical (unpaired) electrons. The zero-order valence-corrected chi connectivity index (χ0v) is 8.14. The van der Waals surface area contributed by atoms with Crippen molar-refractivity contribution >= 4 is 0 Å². The van der Waals surface area contributed by atoms with Gasteiger partial charge in [-0.2, -0.15) is 4.39 Å². The largest absolute Gasteiger partial charge is 0.501 e. The van der Waals surface area contributed by atoms with Gasteiger partial charge in [0.1, 0.15) is 5.60 Å². The number of ether oxygens (including phenoxy) is 1. The van der Waals surface area contributed by atoms with Gasteiger partial charge in [0.05, 0.1) is 6.20 Å². The van der Waals surface area contributed by atoms with Gasteiger partial charge in [-0.25, -0.2) is 9.37 Å². The third-order valence-corrected chi connectivity index (χ3v) is 1.33. The molecule has 0 atom stereocenters. The number of halogens is 2. The third kappa shape index (κ3) is 2.31. The lowest BCUT2D eigenvalue weighted by atomic mass is 10.2. The van der Waals surface area contributed by atoms with Gasteiger partial charge in [-0.1, -0.05) is 0 Å². The van der Waals surface area contributed by atoms with Crippen molar-refractivity contribution in [3.8, 4) is 11.5 Å². The molecule has 5 heteroatoms. The van der Waals surface area contributed by atoms with Crippen molar-refractivity contribution in [1.82, 2.24) is 4.98 Å². The molecule has 3 nitrogen and oxygen atoms in total. The molecule has 0 unspecified atom stereocenters. The van der Waals surface area contributed by atoms with Crippen molar-refractivity contribution in [2.45, 2.75) is 26.4 Å². The average molecular weight is 203 g/mol. The smallest absolute Gasteiger partial charge is 0.259 e. The van der Waals surface area contributed by atoms with Gasteiger partial charge >= 0.3 is 0 Å². The normalized spacial score (nSPS) is 11.5. The van der Waals surface area contributed by atoms with E-state index in [0.29, 0.717) is 6.20 Å². The Morgan fingerprint density at radius 2 is 1.93 bits per heavy atom. The molecule has 1 aromatic rings. The second kappa shape index (κ2) is 3.40. The first kappa shape index (κ1) is 10.7. The summed E-state index contributed by atoms with van der Waals surface area (Å²) in [6.07, 6.45) is 0.663. The van der Waals surface area contributed by atoms with Gasteiger partial charge in [-0.05, 0) is 20.8 Å². The summed E-state index contributed by atoms with van der Waals surface area (Å²) in [6.45, 7) is 4.97. The van der Waals surface area contributed by atoms with Crippen LogP contribution in [-0.2, 0) is 0 Å². The minimum Gasteiger partial charge on any atom is -0.501 e. The maximum atomic E-state index is 13.0. The Hall–Kier alpha value is -1.39. The summed E-state index contributed by atoms with van der Waals surface area (Å²) in [7, 11) is 0. The minimum absolute atomic E-state index is 0.509. The van der Waals surface area contributed by atoms with E-state index in [1.165, 1.54) is 0 Å². The number of pyridine rings is 1. The zero-order valence-electron chi connectivity index (χ0n) is 8.14. The SMILES string of the molecule is CC(C)(C)Oc1c(F)cnc(F)c1O. The number of rotatable bonds is 1. The summed E-state index contributed by atoms with van der Waals surface area (Å²) in [6, 6.07) is 0. The second-order valence-corrected chi connectivity index (χ2v) is 3.79. The van der Waals surface area contributed by atoms with Crippen molar-refractivity contribution < 1.29 is 18.6 Å². The van der Waals surface area contributed by atoms with Gasteiger partial charge < -0.3 is 9.84 Å². The van der Waals surface area contributed by atoms with Gasteiger partial charge in [-0.15, -0.1) is 0 Å². The lowest BCUT2D eigenvalue weighted by Crippen LogP contribution is -2.23. The van der Waals surface area contributed by atoms with Gasteiger partial charge in [-0.3, -0.25) is 0 Å². The molecular formula is C9H11F2NO2. The first-order valence-electron chi connectivity index (χ1n) is 4.03. The van der Waals surface area contributed by atoms with Crippen LogP contribution in [0.15, 0.2) is 6.20 Å². The number of aromatic nitrogens is 1. The van der Waals surface area contributed by atoms with E-state index in [4.69, 9.17) is 9.84 Å². The molecule has 0 spiro atoms. The molecule has 0 aliphatic rings. The van der Waals surface area contributed by atoms with Gasteiger partial charge in [0.2, 0.25) is 11.5 Å². The van der Waals surface area contributed by atoms with Crippen LogP contribution in [0, 0.1) is 11.8 Å². The molecule has 1 rings (SSSR count). The summed E-state index contributed by atoms with van der Waals surface area (Å²) in [5, 5.41) is 9.14. The fourth-order valence-corrected chi connectivity index (χ4v) is 0.843. The molecule has 1 N–H and O–H groups in total. The second-order valence-electron chi connectivity index (χ2n) is 3.79. The Labute approximate surface area is 80.3 Å². The number of hydrogen-bond acceptors (Lipinski definition) is 3. The molecule has 0 saturated heterocycles. The minimum atomic E-state index is -1.15. The van der Waals surface area contributed by atoms with Crippen molar-refractivity contribution in [2.75, 3.05) is 0 Å². The van der Waals surface area contributed by atoms with E-state index in [9.17, 15) is 8.78 Å². The molecule has 0 aromatic carbocycles. The standard InChI is InChI=1S/C9H11F2NO2/c1-9(2,3)14-7-5(10)4-12-8(11)6(7)13/h4,13H,1-3H3. The Morgan fingerprint density at radius 3 is 2.43 bits per heavy atom. The van der Waals surface area contributed by atoms with Crippen molar-refractivity contribution in [1.29, 1.82) is 0 Å². The van der Waals surface area contributed by atoms with Crippen LogP contribution >= 0.6 is 0 Å². The maximum Gasteiger partial charge on any atom is 0.259 e. The van der Waals surface area contributed by atoms with Crippen LogP contribution in [0.3, 0.4) is 0 Å². The predicted molar refractivity (Wildman–Crippen MR) is 46.2 cm³/mol. The van der Waals surface area contributed by atoms with Crippen LogP contribution < -0.4 is 4.74 Å². The molecule has 14 heavy (non-hydrogen) atoms. The van der Waals surface area contributed by atoms with Gasteiger partial charge in [0, 0.05) is 0 Å². The van der Waals surface area contributed by atoms with Crippen LogP contribution in [0.2, 0.25) is 0 Å².